The molecule has 0 saturated heterocycles. The van der Waals surface area contributed by atoms with Crippen molar-refractivity contribution < 1.29 is 14.6 Å². The number of hydrogen-bond acceptors (Lipinski definition) is 4. The molecule has 0 heterocycles. The summed E-state index contributed by atoms with van der Waals surface area (Å²) in [6, 6.07) is 2.29. The minimum absolute atomic E-state index is 0.000720. The summed E-state index contributed by atoms with van der Waals surface area (Å²) in [7, 11) is 0. The van der Waals surface area contributed by atoms with Gasteiger partial charge in [-0.25, -0.2) is 0 Å². The molecule has 158 valence electrons. The minimum Gasteiger partial charge on any atom is -0.460 e. The lowest BCUT2D eigenvalue weighted by Crippen LogP contribution is -2.62. The molecule has 4 fully saturated rings. The molecule has 4 nitrogen and oxygen atoms in total. The molecule has 29 heavy (non-hydrogen) atoms. The number of carbonyl (C=O) groups excluding carboxylic acids is 1. The fraction of sp³-hybridized carbons (Fsp3) is 0.760. The van der Waals surface area contributed by atoms with Gasteiger partial charge in [0.15, 0.2) is 0 Å². The second kappa shape index (κ2) is 6.98. The number of aliphatic hydroxyl groups is 1. The predicted octanol–water partition coefficient (Wildman–Crippen LogP) is 4.94. The first-order chi connectivity index (χ1) is 13.7. The normalized spacial score (nSPS) is 50.0. The van der Waals surface area contributed by atoms with E-state index < -0.39 is 12.2 Å². The lowest BCUT2D eigenvalue weighted by Gasteiger charge is -2.67. The van der Waals surface area contributed by atoms with Gasteiger partial charge in [-0.3, -0.25) is 4.79 Å². The van der Waals surface area contributed by atoms with Crippen LogP contribution in [0.1, 0.15) is 72.1 Å². The van der Waals surface area contributed by atoms with Gasteiger partial charge in [0.05, 0.1) is 12.2 Å². The van der Waals surface area contributed by atoms with Crippen LogP contribution in [0.2, 0.25) is 0 Å². The molecular formula is C25H35NO3. The third-order valence-corrected chi connectivity index (χ3v) is 9.77. The van der Waals surface area contributed by atoms with Crippen LogP contribution in [0.25, 0.3) is 0 Å². The summed E-state index contributed by atoms with van der Waals surface area (Å²) >= 11 is 0. The largest absolute Gasteiger partial charge is 0.460 e. The molecule has 8 atom stereocenters. The van der Waals surface area contributed by atoms with Crippen molar-refractivity contribution >= 4 is 5.97 Å². The van der Waals surface area contributed by atoms with E-state index in [1.54, 1.807) is 0 Å². The average Bonchev–Trinajstić information content (AvgIpc) is 2.99. The van der Waals surface area contributed by atoms with Crippen LogP contribution in [-0.4, -0.2) is 23.3 Å². The van der Waals surface area contributed by atoms with Gasteiger partial charge in [0.25, 0.3) is 0 Å². The first-order valence-electron chi connectivity index (χ1n) is 11.3. The zero-order valence-electron chi connectivity index (χ0n) is 18.1. The fourth-order valence-corrected chi connectivity index (χ4v) is 8.27. The summed E-state index contributed by atoms with van der Waals surface area (Å²) in [6.45, 7) is 10.5. The summed E-state index contributed by atoms with van der Waals surface area (Å²) in [6.07, 6.45) is 11.1. The van der Waals surface area contributed by atoms with Crippen LogP contribution in [-0.2, 0) is 9.53 Å². The maximum Gasteiger partial charge on any atom is 0.302 e. The maximum absolute atomic E-state index is 11.7. The van der Waals surface area contributed by atoms with E-state index in [-0.39, 0.29) is 22.2 Å². The number of rotatable bonds is 2. The van der Waals surface area contributed by atoms with Crippen LogP contribution in [0.5, 0.6) is 0 Å². The van der Waals surface area contributed by atoms with Gasteiger partial charge >= 0.3 is 5.97 Å². The van der Waals surface area contributed by atoms with Gasteiger partial charge in [-0.15, -0.1) is 6.58 Å². The van der Waals surface area contributed by atoms with Gasteiger partial charge in [0, 0.05) is 13.0 Å². The van der Waals surface area contributed by atoms with Crippen molar-refractivity contribution in [3.63, 3.8) is 0 Å². The Hall–Kier alpha value is -1.60. The second-order valence-corrected chi connectivity index (χ2v) is 10.6. The smallest absolute Gasteiger partial charge is 0.302 e. The number of aliphatic hydroxyl groups excluding tert-OH is 1. The third-order valence-electron chi connectivity index (χ3n) is 9.77. The van der Waals surface area contributed by atoms with E-state index in [0.29, 0.717) is 30.6 Å². The highest BCUT2D eigenvalue weighted by atomic mass is 16.6. The van der Waals surface area contributed by atoms with E-state index in [2.05, 4.69) is 32.6 Å². The van der Waals surface area contributed by atoms with Crippen LogP contribution in [0.4, 0.5) is 0 Å². The van der Waals surface area contributed by atoms with E-state index in [9.17, 15) is 15.2 Å². The fourth-order valence-electron chi connectivity index (χ4n) is 8.27. The molecule has 1 N–H and O–H groups in total. The maximum atomic E-state index is 11.7. The van der Waals surface area contributed by atoms with Crippen molar-refractivity contribution in [2.24, 2.45) is 34.0 Å². The van der Waals surface area contributed by atoms with Gasteiger partial charge < -0.3 is 9.84 Å². The Kier molecular flexibility index (Phi) is 4.97. The Morgan fingerprint density at radius 3 is 2.69 bits per heavy atom. The van der Waals surface area contributed by atoms with E-state index in [1.165, 1.54) is 12.5 Å². The van der Waals surface area contributed by atoms with Crippen LogP contribution < -0.4 is 0 Å². The monoisotopic (exact) mass is 397 g/mol. The van der Waals surface area contributed by atoms with Crippen molar-refractivity contribution in [1.29, 1.82) is 5.26 Å². The molecule has 0 bridgehead atoms. The van der Waals surface area contributed by atoms with Gasteiger partial charge in [-0.1, -0.05) is 25.5 Å². The number of hydrogen-bond donors (Lipinski definition) is 1. The summed E-state index contributed by atoms with van der Waals surface area (Å²) in [5.74, 6) is 1.23. The zero-order chi connectivity index (χ0) is 21.0. The number of nitriles is 1. The lowest BCUT2D eigenvalue weighted by molar-refractivity contribution is -0.199. The molecule has 0 aromatic carbocycles. The summed E-state index contributed by atoms with van der Waals surface area (Å²) in [5, 5.41) is 19.9. The van der Waals surface area contributed by atoms with Gasteiger partial charge in [-0.2, -0.15) is 5.26 Å². The first kappa shape index (κ1) is 20.7. The number of esters is 1. The van der Waals surface area contributed by atoms with Crippen molar-refractivity contribution in [2.75, 3.05) is 0 Å². The van der Waals surface area contributed by atoms with Gasteiger partial charge in [-0.05, 0) is 85.4 Å². The third kappa shape index (κ3) is 2.76. The molecule has 4 heteroatoms. The van der Waals surface area contributed by atoms with E-state index in [4.69, 9.17) is 4.74 Å². The van der Waals surface area contributed by atoms with Gasteiger partial charge in [0.2, 0.25) is 0 Å². The highest BCUT2D eigenvalue weighted by Crippen LogP contribution is 2.73. The van der Waals surface area contributed by atoms with Crippen LogP contribution in [0.3, 0.4) is 0 Å². The molecule has 0 spiro atoms. The van der Waals surface area contributed by atoms with Crippen molar-refractivity contribution in [3.05, 3.63) is 24.3 Å². The van der Waals surface area contributed by atoms with Crippen molar-refractivity contribution in [2.45, 2.75) is 84.3 Å². The van der Waals surface area contributed by atoms with Crippen LogP contribution in [0.15, 0.2) is 24.3 Å². The van der Waals surface area contributed by atoms with Crippen LogP contribution >= 0.6 is 0 Å². The Balaban J connectivity index is 1.72. The Morgan fingerprint density at radius 2 is 2.03 bits per heavy atom. The molecule has 4 saturated carbocycles. The summed E-state index contributed by atoms with van der Waals surface area (Å²) < 4.78 is 5.57. The Labute approximate surface area is 175 Å². The number of carbonyl (C=O) groups is 1. The van der Waals surface area contributed by atoms with E-state index >= 15 is 0 Å². The summed E-state index contributed by atoms with van der Waals surface area (Å²) in [4.78, 5) is 11.7. The van der Waals surface area contributed by atoms with E-state index in [1.807, 2.05) is 6.08 Å². The zero-order valence-corrected chi connectivity index (χ0v) is 18.1. The first-order valence-corrected chi connectivity index (χ1v) is 11.3. The molecule has 0 amide bonds. The molecule has 0 aromatic heterocycles. The molecular weight excluding hydrogens is 362 g/mol. The second-order valence-electron chi connectivity index (χ2n) is 10.6. The Bertz CT molecular complexity index is 781. The standard InChI is InChI=1S/C25H35NO3/c1-5-25-12-11-23(3)17(10-13-26)6-8-19(23)20(25)9-7-18-14-21(28)22(29-16(2)27)15-24(18,25)4/h5,10,18-22,28H,1,6-9,11-12,14-15H2,2-4H3/b17-10-/t18-,19-,20-,21-,22-,23+,24-,25-/m0/s1. The molecule has 0 aliphatic heterocycles. The SMILES string of the molecule is C=C[C@]12CC[C@]3(C)/C(=C\C#N)CC[C@H]3[C@@H]1CC[C@H]1C[C@H](O)[C@@H](OC(C)=O)C[C@@]12C. The minimum atomic E-state index is -0.569. The molecule has 0 aromatic rings. The molecule has 4 aliphatic carbocycles. The average molecular weight is 398 g/mol. The highest BCUT2D eigenvalue weighted by Gasteiger charge is 2.66. The molecule has 4 rings (SSSR count). The van der Waals surface area contributed by atoms with Crippen LogP contribution in [0, 0.1) is 45.3 Å². The number of nitrogens with zero attached hydrogens (tertiary/aromatic N) is 1. The predicted molar refractivity (Wildman–Crippen MR) is 112 cm³/mol. The molecule has 4 aliphatic rings. The number of fused-ring (bicyclic) bond motifs is 5. The number of allylic oxidation sites excluding steroid dienone is 3. The van der Waals surface area contributed by atoms with Crippen molar-refractivity contribution in [1.82, 2.24) is 0 Å². The van der Waals surface area contributed by atoms with E-state index in [0.717, 1.165) is 38.5 Å². The highest BCUT2D eigenvalue weighted by molar-refractivity contribution is 5.66. The quantitative estimate of drug-likeness (QED) is 0.407. The molecule has 0 radical (unpaired) electrons. The lowest BCUT2D eigenvalue weighted by atomic mass is 9.38. The Morgan fingerprint density at radius 1 is 1.28 bits per heavy atom. The molecule has 0 unspecified atom stereocenters. The van der Waals surface area contributed by atoms with Crippen molar-refractivity contribution in [3.8, 4) is 6.07 Å². The van der Waals surface area contributed by atoms with Gasteiger partial charge in [0.1, 0.15) is 6.10 Å². The number of ether oxygens (including phenoxy) is 1. The summed E-state index contributed by atoms with van der Waals surface area (Å²) in [5.41, 5.74) is 1.44. The topological polar surface area (TPSA) is 70.3 Å².